The van der Waals surface area contributed by atoms with Crippen molar-refractivity contribution in [2.75, 3.05) is 6.54 Å². The molecule has 134 valence electrons. The highest BCUT2D eigenvalue weighted by atomic mass is 16.5. The number of fused-ring (bicyclic) bond motifs is 1. The molecule has 1 amide bonds. The van der Waals surface area contributed by atoms with Crippen LogP contribution in [0, 0.1) is 6.92 Å². The van der Waals surface area contributed by atoms with Gasteiger partial charge in [-0.25, -0.2) is 0 Å². The third-order valence-electron chi connectivity index (χ3n) is 4.68. The Morgan fingerprint density at radius 3 is 2.85 bits per heavy atom. The molecule has 0 atom stereocenters. The third-order valence-corrected chi connectivity index (χ3v) is 4.68. The van der Waals surface area contributed by atoms with Gasteiger partial charge in [-0.05, 0) is 44.7 Å². The quantitative estimate of drug-likeness (QED) is 0.763. The summed E-state index contributed by atoms with van der Waals surface area (Å²) in [5, 5.41) is 11.5. The second-order valence-corrected chi connectivity index (χ2v) is 6.52. The van der Waals surface area contributed by atoms with Crippen LogP contribution in [0.2, 0.25) is 0 Å². The standard InChI is InChI=1S/C19H21N5O2/c1-13-12-16(23-26-13)19(25)21-10-11-24-17-5-3-2-4-15(17)18(22-24)14-6-8-20-9-7-14/h6-9,12H,2-5,10-11H2,1H3,(H,21,25). The summed E-state index contributed by atoms with van der Waals surface area (Å²) in [6.45, 7) is 2.89. The van der Waals surface area contributed by atoms with Crippen molar-refractivity contribution in [1.29, 1.82) is 0 Å². The topological polar surface area (TPSA) is 85.8 Å². The number of amides is 1. The average Bonchev–Trinajstić information content (AvgIpc) is 3.27. The molecule has 1 N–H and O–H groups in total. The van der Waals surface area contributed by atoms with Crippen LogP contribution in [-0.4, -0.2) is 32.4 Å². The Morgan fingerprint density at radius 2 is 2.08 bits per heavy atom. The number of hydrogen-bond donors (Lipinski definition) is 1. The fraction of sp³-hybridized carbons (Fsp3) is 0.368. The molecular weight excluding hydrogens is 330 g/mol. The Balaban J connectivity index is 1.50. The number of aryl methyl sites for hydroxylation is 1. The number of rotatable bonds is 5. The van der Waals surface area contributed by atoms with Gasteiger partial charge >= 0.3 is 0 Å². The van der Waals surface area contributed by atoms with Gasteiger partial charge in [-0.15, -0.1) is 0 Å². The minimum Gasteiger partial charge on any atom is -0.361 e. The van der Waals surface area contributed by atoms with Gasteiger partial charge in [0.1, 0.15) is 5.76 Å². The molecule has 0 saturated carbocycles. The summed E-state index contributed by atoms with van der Waals surface area (Å²) >= 11 is 0. The summed E-state index contributed by atoms with van der Waals surface area (Å²) in [4.78, 5) is 16.2. The molecule has 4 rings (SSSR count). The molecule has 26 heavy (non-hydrogen) atoms. The Hall–Kier alpha value is -2.96. The van der Waals surface area contributed by atoms with E-state index in [2.05, 4.69) is 15.5 Å². The summed E-state index contributed by atoms with van der Waals surface area (Å²) in [6, 6.07) is 5.62. The number of carbonyl (C=O) groups is 1. The van der Waals surface area contributed by atoms with Crippen LogP contribution in [0.5, 0.6) is 0 Å². The summed E-state index contributed by atoms with van der Waals surface area (Å²) in [7, 11) is 0. The van der Waals surface area contributed by atoms with Crippen LogP contribution >= 0.6 is 0 Å². The largest absolute Gasteiger partial charge is 0.361 e. The van der Waals surface area contributed by atoms with E-state index in [-0.39, 0.29) is 5.91 Å². The molecule has 3 aromatic rings. The Kier molecular flexibility index (Phi) is 4.51. The van der Waals surface area contributed by atoms with Gasteiger partial charge in [0.05, 0.1) is 12.2 Å². The van der Waals surface area contributed by atoms with E-state index in [1.165, 1.54) is 24.1 Å². The van der Waals surface area contributed by atoms with E-state index in [9.17, 15) is 4.79 Å². The third kappa shape index (κ3) is 3.24. The van der Waals surface area contributed by atoms with Gasteiger partial charge in [-0.1, -0.05) is 5.16 Å². The fourth-order valence-corrected chi connectivity index (χ4v) is 3.44. The van der Waals surface area contributed by atoms with E-state index in [0.29, 0.717) is 24.5 Å². The highest BCUT2D eigenvalue weighted by molar-refractivity contribution is 5.92. The second kappa shape index (κ2) is 7.11. The predicted molar refractivity (Wildman–Crippen MR) is 95.7 cm³/mol. The van der Waals surface area contributed by atoms with Crippen molar-refractivity contribution in [2.45, 2.75) is 39.2 Å². The van der Waals surface area contributed by atoms with Crippen LogP contribution in [-0.2, 0) is 19.4 Å². The molecule has 3 aromatic heterocycles. The molecular formula is C19H21N5O2. The van der Waals surface area contributed by atoms with Crippen molar-refractivity contribution < 1.29 is 9.32 Å². The van der Waals surface area contributed by atoms with Crippen molar-refractivity contribution in [3.8, 4) is 11.3 Å². The monoisotopic (exact) mass is 351 g/mol. The number of carbonyl (C=O) groups excluding carboxylic acids is 1. The lowest BCUT2D eigenvalue weighted by atomic mass is 9.94. The van der Waals surface area contributed by atoms with Gasteiger partial charge in [-0.2, -0.15) is 5.10 Å². The van der Waals surface area contributed by atoms with E-state index in [0.717, 1.165) is 24.1 Å². The first kappa shape index (κ1) is 16.5. The highest BCUT2D eigenvalue weighted by Gasteiger charge is 2.21. The van der Waals surface area contributed by atoms with Crippen LogP contribution in [0.25, 0.3) is 11.3 Å². The molecule has 0 aliphatic heterocycles. The highest BCUT2D eigenvalue weighted by Crippen LogP contribution is 2.30. The summed E-state index contributed by atoms with van der Waals surface area (Å²) in [5.41, 5.74) is 5.07. The Labute approximate surface area is 151 Å². The van der Waals surface area contributed by atoms with Crippen LogP contribution in [0.1, 0.15) is 40.3 Å². The zero-order valence-electron chi connectivity index (χ0n) is 14.7. The number of nitrogens with zero attached hydrogens (tertiary/aromatic N) is 4. The molecule has 7 nitrogen and oxygen atoms in total. The van der Waals surface area contributed by atoms with Crippen molar-refractivity contribution in [1.82, 2.24) is 25.2 Å². The van der Waals surface area contributed by atoms with Crippen molar-refractivity contribution in [3.05, 3.63) is 53.3 Å². The molecule has 0 unspecified atom stereocenters. The average molecular weight is 351 g/mol. The molecule has 0 saturated heterocycles. The van der Waals surface area contributed by atoms with Crippen LogP contribution in [0.4, 0.5) is 0 Å². The van der Waals surface area contributed by atoms with Gasteiger partial charge in [0.2, 0.25) is 0 Å². The molecule has 3 heterocycles. The SMILES string of the molecule is Cc1cc(C(=O)NCCn2nc(-c3ccncc3)c3c2CCCC3)no1. The summed E-state index contributed by atoms with van der Waals surface area (Å²) < 4.78 is 6.98. The van der Waals surface area contributed by atoms with Gasteiger partial charge in [0, 0.05) is 41.8 Å². The van der Waals surface area contributed by atoms with Crippen molar-refractivity contribution >= 4 is 5.91 Å². The fourth-order valence-electron chi connectivity index (χ4n) is 3.44. The molecule has 0 radical (unpaired) electrons. The van der Waals surface area contributed by atoms with E-state index >= 15 is 0 Å². The minimum absolute atomic E-state index is 0.225. The first-order valence-electron chi connectivity index (χ1n) is 8.93. The number of aromatic nitrogens is 4. The van der Waals surface area contributed by atoms with Crippen LogP contribution in [0.15, 0.2) is 35.1 Å². The number of hydrogen-bond acceptors (Lipinski definition) is 5. The van der Waals surface area contributed by atoms with E-state index in [1.54, 1.807) is 25.4 Å². The molecule has 0 aromatic carbocycles. The Bertz CT molecular complexity index is 913. The maximum absolute atomic E-state index is 12.1. The lowest BCUT2D eigenvalue weighted by molar-refractivity contribution is 0.0942. The number of pyridine rings is 1. The second-order valence-electron chi connectivity index (χ2n) is 6.52. The molecule has 1 aliphatic rings. The molecule has 1 aliphatic carbocycles. The zero-order chi connectivity index (χ0) is 17.9. The van der Waals surface area contributed by atoms with Gasteiger partial charge in [0.15, 0.2) is 5.69 Å². The van der Waals surface area contributed by atoms with Crippen LogP contribution in [0.3, 0.4) is 0 Å². The van der Waals surface area contributed by atoms with Crippen molar-refractivity contribution in [3.63, 3.8) is 0 Å². The minimum atomic E-state index is -0.225. The first-order chi connectivity index (χ1) is 12.7. The molecule has 0 spiro atoms. The smallest absolute Gasteiger partial charge is 0.273 e. The zero-order valence-corrected chi connectivity index (χ0v) is 14.7. The van der Waals surface area contributed by atoms with E-state index in [4.69, 9.17) is 9.62 Å². The van der Waals surface area contributed by atoms with Gasteiger partial charge in [-0.3, -0.25) is 14.5 Å². The van der Waals surface area contributed by atoms with Gasteiger partial charge in [0.25, 0.3) is 5.91 Å². The lowest BCUT2D eigenvalue weighted by Crippen LogP contribution is -2.28. The molecule has 0 bridgehead atoms. The summed E-state index contributed by atoms with van der Waals surface area (Å²) in [6.07, 6.45) is 8.05. The normalized spacial score (nSPS) is 13.4. The lowest BCUT2D eigenvalue weighted by Gasteiger charge is -2.14. The van der Waals surface area contributed by atoms with E-state index in [1.807, 2.05) is 16.8 Å². The number of nitrogens with one attached hydrogen (secondary N) is 1. The predicted octanol–water partition coefficient (Wildman–Crippen LogP) is 2.55. The summed E-state index contributed by atoms with van der Waals surface area (Å²) in [5.74, 6) is 0.399. The molecule has 0 fully saturated rings. The van der Waals surface area contributed by atoms with Gasteiger partial charge < -0.3 is 9.84 Å². The maximum Gasteiger partial charge on any atom is 0.273 e. The molecule has 7 heteroatoms. The van der Waals surface area contributed by atoms with Crippen LogP contribution < -0.4 is 5.32 Å². The first-order valence-corrected chi connectivity index (χ1v) is 8.93. The van der Waals surface area contributed by atoms with E-state index < -0.39 is 0 Å². The van der Waals surface area contributed by atoms with Crippen molar-refractivity contribution in [2.24, 2.45) is 0 Å². The maximum atomic E-state index is 12.1. The Morgan fingerprint density at radius 1 is 1.27 bits per heavy atom.